The van der Waals surface area contributed by atoms with Crippen LogP contribution in [0.15, 0.2) is 117 Å². The van der Waals surface area contributed by atoms with E-state index in [2.05, 4.69) is 20.0 Å². The van der Waals surface area contributed by atoms with E-state index in [-0.39, 0.29) is 154 Å². The molecule has 2 radical (unpaired) electrons. The summed E-state index contributed by atoms with van der Waals surface area (Å²) in [5, 5.41) is 121. The monoisotopic (exact) mass is 2160 g/mol. The number of halogens is 12. The zero-order chi connectivity index (χ0) is 87.5. The molecule has 0 fully saturated rings. The number of allylic oxidation sites excluding steroid dienone is 4. The summed E-state index contributed by atoms with van der Waals surface area (Å²) in [6.45, 7) is 6.58. The molecule has 8 aromatic rings. The number of benzene rings is 4. The van der Waals surface area contributed by atoms with Gasteiger partial charge in [0.1, 0.15) is 23.0 Å². The molecule has 0 atom stereocenters. The first-order valence-electron chi connectivity index (χ1n) is 32.1. The molecule has 0 unspecified atom stereocenters. The third-order valence-electron chi connectivity index (χ3n) is 15.9. The van der Waals surface area contributed by atoms with Crippen LogP contribution >= 0.6 is 45.3 Å². The number of carboxylic acids is 4. The van der Waals surface area contributed by atoms with E-state index in [9.17, 15) is 113 Å². The number of aryl methyl sites for hydroxylation is 4. The van der Waals surface area contributed by atoms with Crippen molar-refractivity contribution in [3.63, 3.8) is 0 Å². The zero-order valence-corrected chi connectivity index (χ0v) is 71.3. The molecule has 4 heterocycles. The number of rotatable bonds is 24. The van der Waals surface area contributed by atoms with Gasteiger partial charge < -0.3 is 110 Å². The van der Waals surface area contributed by atoms with Crippen LogP contribution in [0, 0.1) is 136 Å². The molecule has 0 amide bonds. The van der Waals surface area contributed by atoms with Crippen LogP contribution in [0.5, 0.6) is 46.0 Å². The van der Waals surface area contributed by atoms with Crippen molar-refractivity contribution in [1.29, 1.82) is 0 Å². The molecule has 4 aromatic carbocycles. The van der Waals surface area contributed by atoms with Crippen molar-refractivity contribution >= 4 is 116 Å². The fraction of sp³-hybridized carbons (Fsp3) is 0.278. The van der Waals surface area contributed by atoms with Crippen LogP contribution < -0.4 is 59.8 Å². The van der Waals surface area contributed by atoms with Gasteiger partial charge in [-0.25, -0.2) is 0 Å². The van der Waals surface area contributed by atoms with Crippen LogP contribution in [0.4, 0.5) is 52.7 Å². The van der Waals surface area contributed by atoms with Gasteiger partial charge in [-0.2, -0.15) is 52.7 Å². The Bertz CT molecular complexity index is 4550. The fourth-order valence-corrected chi connectivity index (χ4v) is 14.0. The fourth-order valence-electron chi connectivity index (χ4n) is 10.5. The normalized spacial score (nSPS) is 14.6. The molecule has 0 saturated heterocycles. The molecule has 120 heavy (non-hydrogen) atoms. The van der Waals surface area contributed by atoms with Crippen molar-refractivity contribution in [3.05, 3.63) is 211 Å². The van der Waals surface area contributed by atoms with Gasteiger partial charge in [0.15, 0.2) is 0 Å². The number of carbonyl (C=O) groups excluding carboxylic acids is 4. The van der Waals surface area contributed by atoms with Gasteiger partial charge in [-0.1, -0.05) is 71.5 Å². The average molecular weight is 2160 g/mol. The number of carboxylic acid groups (broad SMARTS) is 4. The van der Waals surface area contributed by atoms with E-state index in [0.717, 1.165) is 27.7 Å². The number of hydrogen-bond acceptors (Lipinski definition) is 30. The number of aromatic carboxylic acids is 4. The summed E-state index contributed by atoms with van der Waals surface area (Å²) in [5.74, 6) is -39.8. The molecule has 0 aliphatic heterocycles. The molecule has 28 nitrogen and oxygen atoms in total. The zero-order valence-electron chi connectivity index (χ0n) is 61.9. The summed E-state index contributed by atoms with van der Waals surface area (Å²) in [5.41, 5.74) is -8.22. The van der Waals surface area contributed by atoms with Gasteiger partial charge in [0.25, 0.3) is 0 Å². The van der Waals surface area contributed by atoms with Gasteiger partial charge in [-0.3, -0.25) is 20.0 Å². The minimum atomic E-state index is -5.84. The van der Waals surface area contributed by atoms with Gasteiger partial charge in [0, 0.05) is 92.8 Å². The first-order valence-corrected chi connectivity index (χ1v) is 35.4. The second-order valence-corrected chi connectivity index (χ2v) is 28.3. The number of carbonyl (C=O) groups is 4. The molecule has 0 bridgehead atoms. The summed E-state index contributed by atoms with van der Waals surface area (Å²) in [7, 11) is 5.85. The second kappa shape index (κ2) is 47.1. The molecular formula is C72H56Cu2F12N6O22S4Tb2. The van der Waals surface area contributed by atoms with Crippen molar-refractivity contribution < 1.29 is 253 Å². The minimum Gasteiger partial charge on any atom is -0.870 e. The Morgan fingerprint density at radius 2 is 0.533 bits per heavy atom. The predicted molar refractivity (Wildman–Crippen MR) is 386 cm³/mol. The molecule has 48 heteroatoms. The Hall–Kier alpha value is -8.71. The van der Waals surface area contributed by atoms with E-state index in [1.165, 1.54) is 28.4 Å². The molecule has 0 saturated carbocycles. The van der Waals surface area contributed by atoms with E-state index >= 15 is 0 Å². The molecule has 2 aliphatic rings. The summed E-state index contributed by atoms with van der Waals surface area (Å²) in [6, 6.07) is 22.6. The Balaban J connectivity index is 0.000000768. The van der Waals surface area contributed by atoms with E-state index in [1.807, 2.05) is 0 Å². The molecule has 2 aliphatic carbocycles. The molecule has 4 aromatic heterocycles. The quantitative estimate of drug-likeness (QED) is 0.0136. The molecule has 10 rings (SSSR count). The van der Waals surface area contributed by atoms with Crippen LogP contribution in [-0.2, 0) is 34.1 Å². The van der Waals surface area contributed by atoms with Crippen LogP contribution in [0.3, 0.4) is 0 Å². The van der Waals surface area contributed by atoms with E-state index in [0.29, 0.717) is 154 Å². The molecular weight excluding hydrogens is 2100 g/mol. The van der Waals surface area contributed by atoms with Crippen molar-refractivity contribution in [1.82, 2.24) is 0 Å². The van der Waals surface area contributed by atoms with Crippen molar-refractivity contribution in [2.75, 3.05) is 54.6 Å². The van der Waals surface area contributed by atoms with E-state index in [4.69, 9.17) is 49.6 Å². The summed E-state index contributed by atoms with van der Waals surface area (Å²) < 4.78 is 194. The third-order valence-corrected chi connectivity index (χ3v) is 20.0. The van der Waals surface area contributed by atoms with Crippen LogP contribution in [0.2, 0.25) is 0 Å². The number of hydrogen-bond donors (Lipinski definition) is 0. The van der Waals surface area contributed by atoms with E-state index < -0.39 is 134 Å². The summed E-state index contributed by atoms with van der Waals surface area (Å²) in [6.07, 6.45) is 7.62. The number of alkyl halides is 12. The van der Waals surface area contributed by atoms with Gasteiger partial charge in [-0.05, 0) is 134 Å². The standard InChI is InChI=1S/2C19H22N2O4.2C17H10F6O4S2.2Cu.2NO3.2Tb/c2*1-24-16-8-3-6-14(18(16)22)12-20-10-5-11-21-13-15-7-4-9-17(25-2)19(15)23;2*1-5-7(3-9(28-5)13(24)25)11-12(8-4-10(14(26)27)29-6(8)2)16(20,21)17(22,23)15(11,18)19;;;2*2-1(3)4;;/h2*3-4,6-9,12-13,22-23H,5,10-11H2,1-2H3;2*3-4H,1-2H3,(H,24,25)(H,26,27);;;;;;/q;;;;2*+2;2*-1;2*+3/p-8. The van der Waals surface area contributed by atoms with Gasteiger partial charge in [0.05, 0.1) is 82.0 Å². The Morgan fingerprint density at radius 3 is 0.675 bits per heavy atom. The Morgan fingerprint density at radius 1 is 0.367 bits per heavy atom. The van der Waals surface area contributed by atoms with Crippen molar-refractivity contribution in [3.8, 4) is 46.0 Å². The maximum atomic E-state index is 14.6. The molecule has 0 N–H and O–H groups in total. The molecule has 654 valence electrons. The van der Waals surface area contributed by atoms with Gasteiger partial charge in [0.2, 0.25) is 0 Å². The largest absolute Gasteiger partial charge is 3.00 e. The smallest absolute Gasteiger partial charge is 0.870 e. The SMILES string of the molecule is COc1cccc(C=NCCCN=Cc2cccc(OC)c2[O-])c1[O-].COc1cccc(C=NCCCN=Cc2cccc(OC)c2[O-])c1[O-].Cc1sc(C(=O)[O-])cc1C1=C(c2cc(C(=O)[O-])sc2C)C(F)(F)C(F)(F)C1(F)F.Cc1sc(C(=O)[O-])cc1C1=C(c2cc(C(=O)[O-])sc2C)C(F)(F)C(F)(F)C1(F)F.O=[N+]([O-])[O-].O=[N+]([O-])[O-].[Cu+2].[Cu+2].[Tb+3].[Tb+3]. The summed E-state index contributed by atoms with van der Waals surface area (Å²) >= 11 is 1.60. The van der Waals surface area contributed by atoms with E-state index in [1.54, 1.807) is 97.7 Å². The van der Waals surface area contributed by atoms with Crippen LogP contribution in [0.1, 0.15) is 116 Å². The number of thiophene rings is 4. The third kappa shape index (κ3) is 25.7. The number of para-hydroxylation sites is 4. The van der Waals surface area contributed by atoms with Crippen LogP contribution in [-0.4, -0.2) is 149 Å². The second-order valence-electron chi connectivity index (χ2n) is 23.2. The average Bonchev–Trinajstić information content (AvgIpc) is 1.53. The number of nitrogens with zero attached hydrogens (tertiary/aromatic N) is 6. The van der Waals surface area contributed by atoms with Crippen molar-refractivity contribution in [2.24, 2.45) is 20.0 Å². The first kappa shape index (κ1) is 109. The van der Waals surface area contributed by atoms with Gasteiger partial charge >= 0.3 is 147 Å². The Labute approximate surface area is 770 Å². The topological polar surface area (TPSA) is 472 Å². The Kier molecular flexibility index (Phi) is 42.9. The number of methoxy groups -OCH3 is 4. The predicted octanol–water partition coefficient (Wildman–Crippen LogP) is 9.04. The summed E-state index contributed by atoms with van der Waals surface area (Å²) in [4.78, 5) is 74.1. The van der Waals surface area contributed by atoms with Crippen LogP contribution in [0.25, 0.3) is 22.3 Å². The molecule has 0 spiro atoms. The van der Waals surface area contributed by atoms with Gasteiger partial charge in [-0.15, -0.1) is 45.3 Å². The minimum absolute atomic E-state index is 0. The maximum absolute atomic E-state index is 14.6. The number of aliphatic imine (C=N–C) groups is 4. The maximum Gasteiger partial charge on any atom is 3.00 e. The van der Waals surface area contributed by atoms with Crippen molar-refractivity contribution in [2.45, 2.75) is 76.1 Å². The first-order chi connectivity index (χ1) is 54.1. The number of ether oxygens (including phenoxy) is 4.